The first-order valence-electron chi connectivity index (χ1n) is 6.33. The van der Waals surface area contributed by atoms with E-state index in [-0.39, 0.29) is 0 Å². The molecule has 0 spiro atoms. The number of anilines is 1. The number of thiocarbonyl (C=S) groups is 1. The molecule has 1 saturated heterocycles. The first-order chi connectivity index (χ1) is 8.54. The van der Waals surface area contributed by atoms with Crippen LogP contribution in [0.1, 0.15) is 18.3 Å². The fourth-order valence-electron chi connectivity index (χ4n) is 2.39. The molecule has 2 N–H and O–H groups in total. The highest BCUT2D eigenvalue weighted by molar-refractivity contribution is 7.80. The van der Waals surface area contributed by atoms with Gasteiger partial charge in [-0.1, -0.05) is 19.1 Å². The third-order valence-corrected chi connectivity index (χ3v) is 3.69. The van der Waals surface area contributed by atoms with E-state index in [1.165, 1.54) is 0 Å². The smallest absolute Gasteiger partial charge is 0.206 e. The molecule has 1 aliphatic rings. The van der Waals surface area contributed by atoms with Gasteiger partial charge in [-0.3, -0.25) is 0 Å². The minimum atomic E-state index is 0.433. The molecule has 0 amide bonds. The van der Waals surface area contributed by atoms with Crippen LogP contribution in [0, 0.1) is 0 Å². The highest BCUT2D eigenvalue weighted by atomic mass is 32.1. The highest BCUT2D eigenvalue weighted by Gasteiger charge is 2.22. The van der Waals surface area contributed by atoms with E-state index in [4.69, 9.17) is 22.9 Å². The lowest BCUT2D eigenvalue weighted by Gasteiger charge is -2.33. The SMILES string of the molecule is CCc1nc(N2CCN(C)CC2)n(C)c1C(N)=S. The number of nitrogens with zero attached hydrogens (tertiary/aromatic N) is 4. The summed E-state index contributed by atoms with van der Waals surface area (Å²) >= 11 is 5.13. The zero-order valence-corrected chi connectivity index (χ0v) is 12.1. The van der Waals surface area contributed by atoms with E-state index in [9.17, 15) is 0 Å². The maximum Gasteiger partial charge on any atom is 0.206 e. The second-order valence-electron chi connectivity index (χ2n) is 4.77. The van der Waals surface area contributed by atoms with Crippen LogP contribution in [0.2, 0.25) is 0 Å². The van der Waals surface area contributed by atoms with Gasteiger partial charge in [-0.2, -0.15) is 0 Å². The van der Waals surface area contributed by atoms with Gasteiger partial charge in [-0.25, -0.2) is 4.98 Å². The zero-order chi connectivity index (χ0) is 13.3. The Kier molecular flexibility index (Phi) is 3.87. The largest absolute Gasteiger partial charge is 0.388 e. The van der Waals surface area contributed by atoms with Gasteiger partial charge in [0.1, 0.15) is 4.99 Å². The predicted octanol–water partition coefficient (Wildman–Crippen LogP) is 0.369. The van der Waals surface area contributed by atoms with Crippen molar-refractivity contribution in [1.29, 1.82) is 0 Å². The third-order valence-electron chi connectivity index (χ3n) is 3.50. The first kappa shape index (κ1) is 13.3. The quantitative estimate of drug-likeness (QED) is 0.802. The van der Waals surface area contributed by atoms with E-state index in [1.807, 2.05) is 11.6 Å². The maximum atomic E-state index is 5.80. The van der Waals surface area contributed by atoms with Gasteiger partial charge in [-0.15, -0.1) is 0 Å². The molecular formula is C12H21N5S. The monoisotopic (exact) mass is 267 g/mol. The summed E-state index contributed by atoms with van der Waals surface area (Å²) in [5.41, 5.74) is 7.70. The number of aromatic nitrogens is 2. The van der Waals surface area contributed by atoms with Gasteiger partial charge in [0.25, 0.3) is 0 Å². The summed E-state index contributed by atoms with van der Waals surface area (Å²) in [7, 11) is 4.14. The lowest BCUT2D eigenvalue weighted by molar-refractivity contribution is 0.310. The van der Waals surface area contributed by atoms with Gasteiger partial charge >= 0.3 is 0 Å². The molecule has 18 heavy (non-hydrogen) atoms. The van der Waals surface area contributed by atoms with Crippen LogP contribution in [0.15, 0.2) is 0 Å². The van der Waals surface area contributed by atoms with Crippen LogP contribution in [-0.2, 0) is 13.5 Å². The van der Waals surface area contributed by atoms with Crippen LogP contribution in [0.25, 0.3) is 0 Å². The number of nitrogens with two attached hydrogens (primary N) is 1. The molecular weight excluding hydrogens is 246 g/mol. The average Bonchev–Trinajstić information content (AvgIpc) is 2.67. The van der Waals surface area contributed by atoms with Crippen molar-refractivity contribution in [3.8, 4) is 0 Å². The lowest BCUT2D eigenvalue weighted by Crippen LogP contribution is -2.45. The molecule has 0 saturated carbocycles. The normalized spacial score (nSPS) is 17.2. The van der Waals surface area contributed by atoms with Crippen LogP contribution >= 0.6 is 12.2 Å². The molecule has 1 aliphatic heterocycles. The average molecular weight is 267 g/mol. The number of imidazole rings is 1. The van der Waals surface area contributed by atoms with E-state index in [0.29, 0.717) is 4.99 Å². The first-order valence-corrected chi connectivity index (χ1v) is 6.74. The van der Waals surface area contributed by atoms with Crippen LogP contribution in [-0.4, -0.2) is 52.7 Å². The van der Waals surface area contributed by atoms with Crippen molar-refractivity contribution in [3.63, 3.8) is 0 Å². The fourth-order valence-corrected chi connectivity index (χ4v) is 2.64. The van der Waals surface area contributed by atoms with E-state index >= 15 is 0 Å². The zero-order valence-electron chi connectivity index (χ0n) is 11.3. The van der Waals surface area contributed by atoms with Gasteiger partial charge < -0.3 is 20.1 Å². The van der Waals surface area contributed by atoms with Crippen molar-refractivity contribution in [1.82, 2.24) is 14.5 Å². The van der Waals surface area contributed by atoms with Crippen molar-refractivity contribution in [3.05, 3.63) is 11.4 Å². The molecule has 2 heterocycles. The van der Waals surface area contributed by atoms with Gasteiger partial charge in [0.2, 0.25) is 5.95 Å². The van der Waals surface area contributed by atoms with E-state index in [2.05, 4.69) is 23.8 Å². The standard InChI is InChI=1S/C12H21N5S/c1-4-9-10(11(13)18)16(3)12(14-9)17-7-5-15(2)6-8-17/h4-8H2,1-3H3,(H2,13,18). The van der Waals surface area contributed by atoms with Gasteiger partial charge in [0.15, 0.2) is 0 Å². The lowest BCUT2D eigenvalue weighted by atomic mass is 10.2. The summed E-state index contributed by atoms with van der Waals surface area (Å²) < 4.78 is 2.03. The molecule has 0 aliphatic carbocycles. The number of hydrogen-bond acceptors (Lipinski definition) is 4. The predicted molar refractivity (Wildman–Crippen MR) is 78.2 cm³/mol. The Bertz CT molecular complexity index is 446. The Morgan fingerprint density at radius 2 is 1.89 bits per heavy atom. The molecule has 0 radical (unpaired) electrons. The Balaban J connectivity index is 2.31. The minimum absolute atomic E-state index is 0.433. The molecule has 0 bridgehead atoms. The molecule has 2 rings (SSSR count). The highest BCUT2D eigenvalue weighted by Crippen LogP contribution is 2.20. The van der Waals surface area contributed by atoms with Crippen molar-refractivity contribution >= 4 is 23.2 Å². The summed E-state index contributed by atoms with van der Waals surface area (Å²) in [6, 6.07) is 0. The number of piperazine rings is 1. The minimum Gasteiger partial charge on any atom is -0.388 e. The van der Waals surface area contributed by atoms with Crippen molar-refractivity contribution < 1.29 is 0 Å². The summed E-state index contributed by atoms with van der Waals surface area (Å²) in [6.45, 7) is 6.22. The molecule has 100 valence electrons. The molecule has 1 aromatic heterocycles. The van der Waals surface area contributed by atoms with Crippen LogP contribution in [0.3, 0.4) is 0 Å². The topological polar surface area (TPSA) is 50.3 Å². The van der Waals surface area contributed by atoms with Crippen LogP contribution < -0.4 is 10.6 Å². The molecule has 0 unspecified atom stereocenters. The van der Waals surface area contributed by atoms with Crippen LogP contribution in [0.4, 0.5) is 5.95 Å². The number of likely N-dealkylation sites (N-methyl/N-ethyl adjacent to an activating group) is 1. The van der Waals surface area contributed by atoms with Crippen molar-refractivity contribution in [2.24, 2.45) is 12.8 Å². The van der Waals surface area contributed by atoms with Gasteiger partial charge in [0, 0.05) is 33.2 Å². The number of aryl methyl sites for hydroxylation is 1. The maximum absolute atomic E-state index is 5.80. The summed E-state index contributed by atoms with van der Waals surface area (Å²) in [5, 5.41) is 0. The van der Waals surface area contributed by atoms with E-state index in [1.54, 1.807) is 0 Å². The molecule has 0 aromatic carbocycles. The third kappa shape index (κ3) is 2.35. The molecule has 0 atom stereocenters. The fraction of sp³-hybridized carbons (Fsp3) is 0.667. The van der Waals surface area contributed by atoms with E-state index in [0.717, 1.165) is 49.9 Å². The summed E-state index contributed by atoms with van der Waals surface area (Å²) in [5.74, 6) is 0.989. The molecule has 5 nitrogen and oxygen atoms in total. The number of hydrogen-bond donors (Lipinski definition) is 1. The second-order valence-corrected chi connectivity index (χ2v) is 5.21. The Morgan fingerprint density at radius 1 is 1.28 bits per heavy atom. The molecule has 1 aromatic rings. The summed E-state index contributed by atoms with van der Waals surface area (Å²) in [6.07, 6.45) is 0.855. The van der Waals surface area contributed by atoms with Crippen molar-refractivity contribution in [2.75, 3.05) is 38.1 Å². The van der Waals surface area contributed by atoms with Crippen molar-refractivity contribution in [2.45, 2.75) is 13.3 Å². The Labute approximate surface area is 114 Å². The van der Waals surface area contributed by atoms with Crippen LogP contribution in [0.5, 0.6) is 0 Å². The Morgan fingerprint density at radius 3 is 2.33 bits per heavy atom. The van der Waals surface area contributed by atoms with E-state index < -0.39 is 0 Å². The van der Waals surface area contributed by atoms with Gasteiger partial charge in [-0.05, 0) is 13.5 Å². The molecule has 6 heteroatoms. The number of rotatable bonds is 3. The van der Waals surface area contributed by atoms with Gasteiger partial charge in [0.05, 0.1) is 11.4 Å². The molecule has 1 fully saturated rings. The second kappa shape index (κ2) is 5.24. The Hall–Kier alpha value is -1.14. The summed E-state index contributed by atoms with van der Waals surface area (Å²) in [4.78, 5) is 9.77.